The van der Waals surface area contributed by atoms with Crippen LogP contribution in [0.25, 0.3) is 22.3 Å². The van der Waals surface area contributed by atoms with Crippen LogP contribution in [-0.2, 0) is 17.1 Å². The van der Waals surface area contributed by atoms with Gasteiger partial charge in [0.05, 0.1) is 42.0 Å². The molecule has 1 atom stereocenters. The monoisotopic (exact) mass is 553 g/mol. The number of aromatic nitrogens is 4. The summed E-state index contributed by atoms with van der Waals surface area (Å²) in [6, 6.07) is 9.34. The van der Waals surface area contributed by atoms with E-state index in [1.807, 2.05) is 25.1 Å². The van der Waals surface area contributed by atoms with Crippen molar-refractivity contribution in [1.29, 1.82) is 0 Å². The maximum Gasteiger partial charge on any atom is 0.274 e. The Morgan fingerprint density at radius 2 is 2.03 bits per heavy atom. The topological polar surface area (TPSA) is 123 Å². The summed E-state index contributed by atoms with van der Waals surface area (Å²) in [5, 5.41) is 8.10. The fraction of sp³-hybridized carbons (Fsp3) is 0.308. The number of ether oxygens (including phenoxy) is 1. The second-order valence-electron chi connectivity index (χ2n) is 9.37. The minimum atomic E-state index is -3.32. The third-order valence-corrected chi connectivity index (χ3v) is 8.22. The fourth-order valence-electron chi connectivity index (χ4n) is 4.89. The first-order chi connectivity index (χ1) is 18.6. The van der Waals surface area contributed by atoms with Crippen LogP contribution < -0.4 is 15.0 Å². The smallest absolute Gasteiger partial charge is 0.274 e. The lowest BCUT2D eigenvalue weighted by Crippen LogP contribution is -2.36. The molecule has 13 heteroatoms. The zero-order chi connectivity index (χ0) is 27.9. The van der Waals surface area contributed by atoms with Gasteiger partial charge in [0.25, 0.3) is 5.91 Å². The molecule has 1 unspecified atom stereocenters. The number of hydrogen-bond acceptors (Lipinski definition) is 8. The van der Waals surface area contributed by atoms with Crippen molar-refractivity contribution in [2.45, 2.75) is 12.5 Å². The number of amides is 1. The number of sulfonamides is 1. The number of benzene rings is 2. The van der Waals surface area contributed by atoms with Crippen LogP contribution in [0, 0.1) is 5.82 Å². The summed E-state index contributed by atoms with van der Waals surface area (Å²) in [5.41, 5.74) is 2.16. The van der Waals surface area contributed by atoms with Crippen molar-refractivity contribution < 1.29 is 22.3 Å². The number of anilines is 2. The number of carbonyl (C=O) groups is 1. The molecule has 11 nitrogen and oxygen atoms in total. The van der Waals surface area contributed by atoms with Gasteiger partial charge in [0.1, 0.15) is 17.3 Å². The molecular formula is C26H28FN7O4S. The average molecular weight is 554 g/mol. The third kappa shape index (κ3) is 5.02. The van der Waals surface area contributed by atoms with Gasteiger partial charge in [-0.05, 0) is 36.8 Å². The first kappa shape index (κ1) is 26.5. The minimum absolute atomic E-state index is 0.0180. The number of halogens is 1. The van der Waals surface area contributed by atoms with E-state index in [1.165, 1.54) is 42.1 Å². The summed E-state index contributed by atoms with van der Waals surface area (Å²) in [5.74, 6) is -0.823. The van der Waals surface area contributed by atoms with Crippen molar-refractivity contribution in [2.24, 2.45) is 7.05 Å². The van der Waals surface area contributed by atoms with Gasteiger partial charge < -0.3 is 15.0 Å². The molecule has 204 valence electrons. The van der Waals surface area contributed by atoms with Gasteiger partial charge in [-0.1, -0.05) is 6.07 Å². The number of likely N-dealkylation sites (N-methyl/N-ethyl adjacent to an activating group) is 1. The Kier molecular flexibility index (Phi) is 6.95. The fourth-order valence-corrected chi connectivity index (χ4v) is 5.77. The van der Waals surface area contributed by atoms with E-state index >= 15 is 0 Å². The predicted molar refractivity (Wildman–Crippen MR) is 146 cm³/mol. The van der Waals surface area contributed by atoms with Crippen LogP contribution >= 0.6 is 0 Å². The molecule has 2 aromatic heterocycles. The Labute approximate surface area is 225 Å². The van der Waals surface area contributed by atoms with E-state index in [0.717, 1.165) is 10.9 Å². The number of methoxy groups -OCH3 is 1. The highest BCUT2D eigenvalue weighted by Gasteiger charge is 2.33. The van der Waals surface area contributed by atoms with Crippen molar-refractivity contribution in [2.75, 3.05) is 43.7 Å². The number of rotatable bonds is 7. The number of hydrogen-bond donors (Lipinski definition) is 1. The zero-order valence-electron chi connectivity index (χ0n) is 21.9. The molecule has 5 rings (SSSR count). The van der Waals surface area contributed by atoms with Crippen LogP contribution in [0.3, 0.4) is 0 Å². The SMILES string of the molecule is COc1cccc(F)c1-c1nccc(C(=O)Nc2ccc3c(cnn3C)c2N(C)C2CCN(S(C)(=O)=O)C2)n1. The van der Waals surface area contributed by atoms with Gasteiger partial charge in [-0.25, -0.2) is 27.1 Å². The number of carbonyl (C=O) groups excluding carboxylic acids is 1. The Morgan fingerprint density at radius 1 is 1.23 bits per heavy atom. The molecule has 0 bridgehead atoms. The van der Waals surface area contributed by atoms with Crippen LogP contribution in [0.5, 0.6) is 5.75 Å². The Bertz CT molecular complexity index is 1670. The first-order valence-electron chi connectivity index (χ1n) is 12.2. The average Bonchev–Trinajstić information content (AvgIpc) is 3.56. The highest BCUT2D eigenvalue weighted by Crippen LogP contribution is 2.37. The van der Waals surface area contributed by atoms with Gasteiger partial charge in [-0.15, -0.1) is 0 Å². The van der Waals surface area contributed by atoms with Gasteiger partial charge in [-0.3, -0.25) is 9.48 Å². The molecule has 4 aromatic rings. The van der Waals surface area contributed by atoms with Gasteiger partial charge in [0.2, 0.25) is 10.0 Å². The molecule has 1 aliphatic heterocycles. The standard InChI is InChI=1S/C26H28FN7O4S/c1-32(16-11-13-34(15-16)39(4,36)37)24-17-14-29-33(2)21(17)9-8-19(24)31-26(35)20-10-12-28-25(30-20)23-18(27)6-5-7-22(23)38-3/h5-10,12,14,16H,11,13,15H2,1-4H3,(H,31,35). The summed E-state index contributed by atoms with van der Waals surface area (Å²) < 4.78 is 47.3. The van der Waals surface area contributed by atoms with Gasteiger partial charge in [0.15, 0.2) is 5.82 Å². The molecule has 0 radical (unpaired) electrons. The molecular weight excluding hydrogens is 525 g/mol. The highest BCUT2D eigenvalue weighted by molar-refractivity contribution is 7.88. The highest BCUT2D eigenvalue weighted by atomic mass is 32.2. The van der Waals surface area contributed by atoms with Crippen LogP contribution in [-0.4, -0.2) is 77.9 Å². The lowest BCUT2D eigenvalue weighted by molar-refractivity contribution is 0.102. The van der Waals surface area contributed by atoms with Gasteiger partial charge >= 0.3 is 0 Å². The van der Waals surface area contributed by atoms with Crippen molar-refractivity contribution in [3.05, 3.63) is 60.3 Å². The summed E-state index contributed by atoms with van der Waals surface area (Å²) >= 11 is 0. The van der Waals surface area contributed by atoms with Crippen molar-refractivity contribution >= 4 is 38.2 Å². The number of nitrogens with one attached hydrogen (secondary N) is 1. The molecule has 1 saturated heterocycles. The Morgan fingerprint density at radius 3 is 2.74 bits per heavy atom. The molecule has 39 heavy (non-hydrogen) atoms. The third-order valence-electron chi connectivity index (χ3n) is 6.95. The minimum Gasteiger partial charge on any atom is -0.496 e. The normalized spacial score (nSPS) is 16.0. The predicted octanol–water partition coefficient (Wildman–Crippen LogP) is 2.90. The van der Waals surface area contributed by atoms with Crippen molar-refractivity contribution in [3.63, 3.8) is 0 Å². The summed E-state index contributed by atoms with van der Waals surface area (Å²) in [4.78, 5) is 23.9. The van der Waals surface area contributed by atoms with E-state index in [0.29, 0.717) is 30.9 Å². The maximum absolute atomic E-state index is 14.6. The van der Waals surface area contributed by atoms with E-state index in [1.54, 1.807) is 23.0 Å². The van der Waals surface area contributed by atoms with Gasteiger partial charge in [-0.2, -0.15) is 5.10 Å². The summed E-state index contributed by atoms with van der Waals surface area (Å²) in [6.07, 6.45) is 4.94. The van der Waals surface area contributed by atoms with E-state index in [-0.39, 0.29) is 28.9 Å². The maximum atomic E-state index is 14.6. The molecule has 0 saturated carbocycles. The van der Waals surface area contributed by atoms with E-state index in [9.17, 15) is 17.6 Å². The molecule has 1 amide bonds. The number of fused-ring (bicyclic) bond motifs is 1. The molecule has 1 fully saturated rings. The molecule has 1 N–H and O–H groups in total. The van der Waals surface area contributed by atoms with E-state index in [2.05, 4.69) is 20.4 Å². The van der Waals surface area contributed by atoms with E-state index < -0.39 is 21.7 Å². The second kappa shape index (κ2) is 10.2. The van der Waals surface area contributed by atoms with Crippen molar-refractivity contribution in [1.82, 2.24) is 24.1 Å². The lowest BCUT2D eigenvalue weighted by Gasteiger charge is -2.29. The zero-order valence-corrected chi connectivity index (χ0v) is 22.7. The molecule has 2 aromatic carbocycles. The first-order valence-corrected chi connectivity index (χ1v) is 14.0. The molecule has 3 heterocycles. The summed E-state index contributed by atoms with van der Waals surface area (Å²) in [7, 11) is 1.80. The molecule has 1 aliphatic rings. The summed E-state index contributed by atoms with van der Waals surface area (Å²) in [6.45, 7) is 0.751. The lowest BCUT2D eigenvalue weighted by atomic mass is 10.1. The van der Waals surface area contributed by atoms with E-state index in [4.69, 9.17) is 4.74 Å². The van der Waals surface area contributed by atoms with Crippen LogP contribution in [0.4, 0.5) is 15.8 Å². The largest absolute Gasteiger partial charge is 0.496 e. The van der Waals surface area contributed by atoms with Gasteiger partial charge in [0, 0.05) is 44.8 Å². The van der Waals surface area contributed by atoms with Crippen LogP contribution in [0.2, 0.25) is 0 Å². The van der Waals surface area contributed by atoms with Crippen molar-refractivity contribution in [3.8, 4) is 17.1 Å². The molecule has 0 spiro atoms. The molecule has 0 aliphatic carbocycles. The Hall–Kier alpha value is -4.10. The van der Waals surface area contributed by atoms with Crippen LogP contribution in [0.15, 0.2) is 48.8 Å². The van der Waals surface area contributed by atoms with Crippen LogP contribution in [0.1, 0.15) is 16.9 Å². The Balaban J connectivity index is 1.50. The number of nitrogens with zero attached hydrogens (tertiary/aromatic N) is 6. The number of aryl methyl sites for hydroxylation is 1. The quantitative estimate of drug-likeness (QED) is 0.371. The second-order valence-corrected chi connectivity index (χ2v) is 11.4.